The number of nitrogens with zero attached hydrogens (tertiary/aromatic N) is 2. The van der Waals surface area contributed by atoms with Crippen LogP contribution in [0.15, 0.2) is 12.7 Å². The number of carbonyl (C=O) groups is 4. The normalized spacial score (nSPS) is 22.9. The van der Waals surface area contributed by atoms with E-state index in [-0.39, 0.29) is 24.7 Å². The van der Waals surface area contributed by atoms with Crippen molar-refractivity contribution in [1.82, 2.24) is 15.3 Å². The van der Waals surface area contributed by atoms with E-state index in [2.05, 4.69) is 11.9 Å². The van der Waals surface area contributed by atoms with E-state index >= 15 is 0 Å². The highest BCUT2D eigenvalue weighted by Gasteiger charge is 2.40. The zero-order valence-electron chi connectivity index (χ0n) is 12.9. The fraction of sp³-hybridized carbons (Fsp3) is 0.600. The van der Waals surface area contributed by atoms with Gasteiger partial charge < -0.3 is 10.4 Å². The van der Waals surface area contributed by atoms with Crippen LogP contribution in [0.3, 0.4) is 0 Å². The summed E-state index contributed by atoms with van der Waals surface area (Å²) in [5, 5.41) is 14.0. The molecule has 0 aliphatic carbocycles. The average molecular weight is 323 g/mol. The van der Waals surface area contributed by atoms with E-state index in [1.165, 1.54) is 16.1 Å². The summed E-state index contributed by atoms with van der Waals surface area (Å²) in [6, 6.07) is -1.50. The van der Waals surface area contributed by atoms with Crippen molar-refractivity contribution in [3.05, 3.63) is 12.7 Å². The molecule has 0 aromatic rings. The van der Waals surface area contributed by atoms with Gasteiger partial charge in [-0.15, -0.1) is 6.58 Å². The third-order valence-electron chi connectivity index (χ3n) is 4.04. The average Bonchev–Trinajstić information content (AvgIpc) is 2.65. The Hall–Kier alpha value is -2.38. The summed E-state index contributed by atoms with van der Waals surface area (Å²) in [6.07, 6.45) is 3.13. The summed E-state index contributed by atoms with van der Waals surface area (Å²) in [4.78, 5) is 47.6. The standard InChI is InChI=1S/C15H21N3O5/c1-2-10(9-14(21)22)16-15(23)11-5-4-8-17-12(19)6-3-7-13(20)18(11)17/h2,10-11H,1,3-9H2,(H,16,23)(H,21,22)/t10-,11+/m1/s1. The van der Waals surface area contributed by atoms with Crippen molar-refractivity contribution in [2.45, 2.75) is 50.6 Å². The Bertz CT molecular complexity index is 533. The highest BCUT2D eigenvalue weighted by Crippen LogP contribution is 2.24. The van der Waals surface area contributed by atoms with Gasteiger partial charge in [-0.25, -0.2) is 5.01 Å². The van der Waals surface area contributed by atoms with Crippen molar-refractivity contribution in [3.63, 3.8) is 0 Å². The second-order valence-electron chi connectivity index (χ2n) is 5.72. The molecule has 0 spiro atoms. The van der Waals surface area contributed by atoms with E-state index in [1.807, 2.05) is 0 Å². The summed E-state index contributed by atoms with van der Waals surface area (Å²) in [7, 11) is 0. The quantitative estimate of drug-likeness (QED) is 0.695. The molecule has 0 aromatic heterocycles. The molecule has 0 unspecified atom stereocenters. The number of hydrogen-bond donors (Lipinski definition) is 2. The molecular formula is C15H21N3O5. The van der Waals surface area contributed by atoms with Crippen LogP contribution >= 0.6 is 0 Å². The van der Waals surface area contributed by atoms with Crippen LogP contribution in [0.1, 0.15) is 38.5 Å². The molecule has 2 rings (SSSR count). The van der Waals surface area contributed by atoms with Crippen LogP contribution < -0.4 is 5.32 Å². The molecule has 2 heterocycles. The Morgan fingerprint density at radius 3 is 2.65 bits per heavy atom. The number of aliphatic carboxylic acids is 1. The lowest BCUT2D eigenvalue weighted by molar-refractivity contribution is -0.175. The predicted molar refractivity (Wildman–Crippen MR) is 79.8 cm³/mol. The van der Waals surface area contributed by atoms with Crippen LogP contribution in [-0.4, -0.2) is 57.4 Å². The van der Waals surface area contributed by atoms with Crippen molar-refractivity contribution < 1.29 is 24.3 Å². The van der Waals surface area contributed by atoms with Gasteiger partial charge >= 0.3 is 5.97 Å². The molecule has 0 bridgehead atoms. The van der Waals surface area contributed by atoms with E-state index in [0.717, 1.165) is 0 Å². The topological polar surface area (TPSA) is 107 Å². The van der Waals surface area contributed by atoms with E-state index in [4.69, 9.17) is 5.11 Å². The number of carboxylic acids is 1. The Balaban J connectivity index is 2.14. The Kier molecular flexibility index (Phi) is 5.36. The molecule has 126 valence electrons. The maximum Gasteiger partial charge on any atom is 0.305 e. The molecule has 0 aromatic carbocycles. The van der Waals surface area contributed by atoms with Crippen LogP contribution in [0, 0.1) is 0 Å². The maximum atomic E-state index is 12.5. The van der Waals surface area contributed by atoms with Crippen LogP contribution in [0.25, 0.3) is 0 Å². The van der Waals surface area contributed by atoms with Gasteiger partial charge in [0.2, 0.25) is 17.7 Å². The molecule has 2 N–H and O–H groups in total. The monoisotopic (exact) mass is 323 g/mol. The number of hydrazine groups is 1. The molecular weight excluding hydrogens is 302 g/mol. The maximum absolute atomic E-state index is 12.5. The van der Waals surface area contributed by atoms with E-state index in [9.17, 15) is 19.2 Å². The first-order valence-corrected chi connectivity index (χ1v) is 7.71. The first kappa shape index (κ1) is 17.0. The number of carboxylic acid groups (broad SMARTS) is 1. The SMILES string of the molecule is C=C[C@H](CC(=O)O)NC(=O)[C@@H]1CCCN2C(=O)CCCC(=O)N12. The summed E-state index contributed by atoms with van der Waals surface area (Å²) in [6.45, 7) is 3.94. The molecule has 8 heteroatoms. The number of rotatable bonds is 5. The molecule has 23 heavy (non-hydrogen) atoms. The van der Waals surface area contributed by atoms with Crippen LogP contribution in [0.2, 0.25) is 0 Å². The van der Waals surface area contributed by atoms with Gasteiger partial charge in [0.1, 0.15) is 6.04 Å². The predicted octanol–water partition coefficient (Wildman–Crippen LogP) is 0.0504. The number of nitrogens with one attached hydrogen (secondary N) is 1. The molecule has 3 amide bonds. The number of amides is 3. The Morgan fingerprint density at radius 1 is 1.30 bits per heavy atom. The van der Waals surface area contributed by atoms with Crippen molar-refractivity contribution >= 4 is 23.7 Å². The minimum absolute atomic E-state index is 0.154. The van der Waals surface area contributed by atoms with Crippen molar-refractivity contribution in [1.29, 1.82) is 0 Å². The van der Waals surface area contributed by atoms with Crippen LogP contribution in [-0.2, 0) is 19.2 Å². The number of fused-ring (bicyclic) bond motifs is 1. The summed E-state index contributed by atoms with van der Waals surface area (Å²) >= 11 is 0. The van der Waals surface area contributed by atoms with Gasteiger partial charge in [0, 0.05) is 19.4 Å². The molecule has 8 nitrogen and oxygen atoms in total. The second kappa shape index (κ2) is 7.26. The fourth-order valence-electron chi connectivity index (χ4n) is 2.92. The zero-order valence-corrected chi connectivity index (χ0v) is 12.9. The first-order valence-electron chi connectivity index (χ1n) is 7.71. The van der Waals surface area contributed by atoms with Crippen LogP contribution in [0.4, 0.5) is 0 Å². The largest absolute Gasteiger partial charge is 0.481 e. The minimum atomic E-state index is -1.05. The molecule has 2 fully saturated rings. The van der Waals surface area contributed by atoms with E-state index in [0.29, 0.717) is 32.2 Å². The summed E-state index contributed by atoms with van der Waals surface area (Å²) in [5.74, 6) is -1.91. The lowest BCUT2D eigenvalue weighted by atomic mass is 10.1. The Labute approximate surface area is 134 Å². The zero-order chi connectivity index (χ0) is 17.0. The van der Waals surface area contributed by atoms with Gasteiger partial charge in [0.25, 0.3) is 0 Å². The van der Waals surface area contributed by atoms with Gasteiger partial charge in [-0.3, -0.25) is 24.2 Å². The summed E-state index contributed by atoms with van der Waals surface area (Å²) in [5.41, 5.74) is 0. The van der Waals surface area contributed by atoms with E-state index < -0.39 is 24.0 Å². The van der Waals surface area contributed by atoms with Crippen molar-refractivity contribution in [2.75, 3.05) is 6.54 Å². The third kappa shape index (κ3) is 3.88. The minimum Gasteiger partial charge on any atom is -0.481 e. The van der Waals surface area contributed by atoms with Crippen molar-refractivity contribution in [3.8, 4) is 0 Å². The second-order valence-corrected chi connectivity index (χ2v) is 5.72. The fourth-order valence-corrected chi connectivity index (χ4v) is 2.92. The van der Waals surface area contributed by atoms with Crippen LogP contribution in [0.5, 0.6) is 0 Å². The van der Waals surface area contributed by atoms with Gasteiger partial charge in [-0.1, -0.05) is 6.08 Å². The molecule has 2 saturated heterocycles. The molecule has 2 atom stereocenters. The van der Waals surface area contributed by atoms with Gasteiger partial charge in [0.05, 0.1) is 12.5 Å². The Morgan fingerprint density at radius 2 is 2.00 bits per heavy atom. The molecule has 0 saturated carbocycles. The van der Waals surface area contributed by atoms with E-state index in [1.54, 1.807) is 0 Å². The van der Waals surface area contributed by atoms with Gasteiger partial charge in [-0.05, 0) is 19.3 Å². The molecule has 0 radical (unpaired) electrons. The highest BCUT2D eigenvalue weighted by atomic mass is 16.4. The number of hydrogen-bond acceptors (Lipinski definition) is 4. The summed E-state index contributed by atoms with van der Waals surface area (Å²) < 4.78 is 0. The smallest absolute Gasteiger partial charge is 0.305 e. The highest BCUT2D eigenvalue weighted by molar-refractivity contribution is 5.91. The van der Waals surface area contributed by atoms with Gasteiger partial charge in [0.15, 0.2) is 0 Å². The lowest BCUT2D eigenvalue weighted by Crippen LogP contribution is -2.61. The van der Waals surface area contributed by atoms with Crippen molar-refractivity contribution in [2.24, 2.45) is 0 Å². The molecule has 2 aliphatic heterocycles. The lowest BCUT2D eigenvalue weighted by Gasteiger charge is -2.42. The third-order valence-corrected chi connectivity index (χ3v) is 4.04. The van der Waals surface area contributed by atoms with Gasteiger partial charge in [-0.2, -0.15) is 0 Å². The number of carbonyl (C=O) groups excluding carboxylic acids is 3. The first-order chi connectivity index (χ1) is 10.9. The molecule has 2 aliphatic rings.